The molecule has 0 atom stereocenters. The predicted molar refractivity (Wildman–Crippen MR) is 63.3 cm³/mol. The minimum absolute atomic E-state index is 0.761. The van der Waals surface area contributed by atoms with Crippen LogP contribution in [0.4, 0.5) is 5.82 Å². The van der Waals surface area contributed by atoms with Crippen molar-refractivity contribution in [3.05, 3.63) is 17.1 Å². The third-order valence-electron chi connectivity index (χ3n) is 1.52. The van der Waals surface area contributed by atoms with Gasteiger partial charge in [-0.05, 0) is 39.2 Å². The van der Waals surface area contributed by atoms with E-state index in [-0.39, 0.29) is 0 Å². The van der Waals surface area contributed by atoms with Crippen molar-refractivity contribution >= 4 is 45.0 Å². The summed E-state index contributed by atoms with van der Waals surface area (Å²) in [5.74, 6) is 0.761. The van der Waals surface area contributed by atoms with Crippen molar-refractivity contribution < 1.29 is 0 Å². The van der Waals surface area contributed by atoms with Crippen LogP contribution in [0.5, 0.6) is 0 Å². The zero-order valence-corrected chi connectivity index (χ0v) is 10.9. The molecule has 0 unspecified atom stereocenters. The first-order valence-corrected chi connectivity index (χ1v) is 6.32. The van der Waals surface area contributed by atoms with Gasteiger partial charge in [0.1, 0.15) is 23.5 Å². The quantitative estimate of drug-likeness (QED) is 0.878. The molecule has 2 aromatic heterocycles. The Morgan fingerprint density at radius 2 is 2.20 bits per heavy atom. The molecule has 15 heavy (non-hydrogen) atoms. The molecule has 0 saturated heterocycles. The molecule has 0 saturated carbocycles. The van der Waals surface area contributed by atoms with Crippen LogP contribution >= 0.6 is 39.2 Å². The Hall–Kier alpha value is -0.730. The molecule has 0 radical (unpaired) electrons. The molecule has 2 heterocycles. The number of halogens is 1. The van der Waals surface area contributed by atoms with Crippen LogP contribution in [-0.4, -0.2) is 26.4 Å². The van der Waals surface area contributed by atoms with E-state index in [1.807, 2.05) is 7.05 Å². The lowest BCUT2D eigenvalue weighted by Gasteiger charge is -2.04. The number of anilines is 1. The molecular weight excluding hydrogens is 298 g/mol. The van der Waals surface area contributed by atoms with Crippen LogP contribution in [0.2, 0.25) is 0 Å². The molecule has 2 aromatic rings. The fourth-order valence-corrected chi connectivity index (χ4v) is 2.88. The summed E-state index contributed by atoms with van der Waals surface area (Å²) in [6, 6.07) is 0. The second-order valence-electron chi connectivity index (χ2n) is 2.40. The fourth-order valence-electron chi connectivity index (χ4n) is 0.890. The Bertz CT molecular complexity index is 447. The van der Waals surface area contributed by atoms with Crippen LogP contribution < -0.4 is 5.32 Å². The number of aromatic nitrogens is 4. The van der Waals surface area contributed by atoms with Gasteiger partial charge < -0.3 is 5.32 Å². The summed E-state index contributed by atoms with van der Waals surface area (Å²) < 4.78 is 5.62. The summed E-state index contributed by atoms with van der Waals surface area (Å²) in [4.78, 5) is 12.3. The minimum Gasteiger partial charge on any atom is -0.372 e. The van der Waals surface area contributed by atoms with E-state index in [1.54, 1.807) is 0 Å². The third-order valence-corrected chi connectivity index (χ3v) is 4.25. The molecule has 1 N–H and O–H groups in total. The summed E-state index contributed by atoms with van der Waals surface area (Å²) in [5.41, 5.74) is 0. The molecule has 0 bridgehead atoms. The van der Waals surface area contributed by atoms with Gasteiger partial charge in [-0.2, -0.15) is 4.37 Å². The fraction of sp³-hybridized carbons (Fsp3) is 0.143. The molecule has 8 heteroatoms. The number of rotatable bonds is 3. The van der Waals surface area contributed by atoms with Gasteiger partial charge in [-0.25, -0.2) is 15.0 Å². The van der Waals surface area contributed by atoms with Crippen molar-refractivity contribution in [2.75, 3.05) is 12.4 Å². The highest BCUT2D eigenvalue weighted by atomic mass is 79.9. The highest BCUT2D eigenvalue weighted by Gasteiger charge is 2.10. The van der Waals surface area contributed by atoms with Gasteiger partial charge in [0.05, 0.1) is 4.47 Å². The second kappa shape index (κ2) is 4.86. The van der Waals surface area contributed by atoms with Crippen LogP contribution in [0, 0.1) is 0 Å². The Balaban J connectivity index is 2.29. The van der Waals surface area contributed by atoms with Gasteiger partial charge in [0, 0.05) is 7.05 Å². The molecule has 0 aromatic carbocycles. The average molecular weight is 304 g/mol. The number of nitrogens with zero attached hydrogens (tertiary/aromatic N) is 4. The van der Waals surface area contributed by atoms with E-state index in [0.717, 1.165) is 19.7 Å². The summed E-state index contributed by atoms with van der Waals surface area (Å²) in [6.07, 6.45) is 3.04. The van der Waals surface area contributed by atoms with Gasteiger partial charge in [-0.15, -0.1) is 0 Å². The zero-order valence-electron chi connectivity index (χ0n) is 7.64. The second-order valence-corrected chi connectivity index (χ2v) is 5.21. The van der Waals surface area contributed by atoms with E-state index in [9.17, 15) is 0 Å². The monoisotopic (exact) mass is 303 g/mol. The summed E-state index contributed by atoms with van der Waals surface area (Å²) in [5, 5.41) is 3.80. The lowest BCUT2D eigenvalue weighted by atomic mass is 10.6. The van der Waals surface area contributed by atoms with E-state index in [4.69, 9.17) is 0 Å². The number of nitrogens with one attached hydrogen (secondary N) is 1. The van der Waals surface area contributed by atoms with Crippen LogP contribution in [0.3, 0.4) is 0 Å². The number of hydrogen-bond donors (Lipinski definition) is 1. The van der Waals surface area contributed by atoms with Crippen molar-refractivity contribution in [1.82, 2.24) is 19.3 Å². The van der Waals surface area contributed by atoms with Crippen LogP contribution in [0.1, 0.15) is 0 Å². The van der Waals surface area contributed by atoms with E-state index in [1.165, 1.54) is 35.9 Å². The average Bonchev–Trinajstić information content (AvgIpc) is 2.74. The first-order chi connectivity index (χ1) is 7.31. The minimum atomic E-state index is 0.761. The molecule has 2 rings (SSSR count). The zero-order chi connectivity index (χ0) is 10.7. The standard InChI is InChI=1S/C7H6BrN5S2/c1-9-5-4(8)6(11-2-10-5)14-7-12-3-13-15-7/h2-3H,1H3,(H,9,10,11). The van der Waals surface area contributed by atoms with Gasteiger partial charge >= 0.3 is 0 Å². The van der Waals surface area contributed by atoms with Gasteiger partial charge in [0.25, 0.3) is 0 Å². The first kappa shape index (κ1) is 10.8. The normalized spacial score (nSPS) is 10.3. The highest BCUT2D eigenvalue weighted by molar-refractivity contribution is 9.10. The maximum atomic E-state index is 4.17. The van der Waals surface area contributed by atoms with Crippen molar-refractivity contribution in [2.24, 2.45) is 0 Å². The lowest BCUT2D eigenvalue weighted by Crippen LogP contribution is -1.95. The molecule has 0 amide bonds. The molecule has 5 nitrogen and oxygen atoms in total. The first-order valence-electron chi connectivity index (χ1n) is 3.94. The van der Waals surface area contributed by atoms with Gasteiger partial charge in [0.15, 0.2) is 4.34 Å². The van der Waals surface area contributed by atoms with Crippen molar-refractivity contribution in [1.29, 1.82) is 0 Å². The Morgan fingerprint density at radius 3 is 2.87 bits per heavy atom. The molecule has 0 aliphatic carbocycles. The van der Waals surface area contributed by atoms with Gasteiger partial charge in [-0.1, -0.05) is 0 Å². The van der Waals surface area contributed by atoms with E-state index in [2.05, 4.69) is 40.6 Å². The van der Waals surface area contributed by atoms with Gasteiger partial charge in [-0.3, -0.25) is 0 Å². The Kier molecular flexibility index (Phi) is 3.49. The molecule has 0 aliphatic rings. The third kappa shape index (κ3) is 2.44. The summed E-state index contributed by atoms with van der Waals surface area (Å²) >= 11 is 6.23. The van der Waals surface area contributed by atoms with E-state index >= 15 is 0 Å². The van der Waals surface area contributed by atoms with Crippen molar-refractivity contribution in [2.45, 2.75) is 9.37 Å². The summed E-state index contributed by atoms with van der Waals surface area (Å²) in [7, 11) is 1.81. The summed E-state index contributed by atoms with van der Waals surface area (Å²) in [6.45, 7) is 0. The largest absolute Gasteiger partial charge is 0.372 e. The van der Waals surface area contributed by atoms with Crippen molar-refractivity contribution in [3.63, 3.8) is 0 Å². The molecule has 78 valence electrons. The van der Waals surface area contributed by atoms with Crippen LogP contribution in [-0.2, 0) is 0 Å². The van der Waals surface area contributed by atoms with Gasteiger partial charge in [0.2, 0.25) is 0 Å². The highest BCUT2D eigenvalue weighted by Crippen LogP contribution is 2.34. The van der Waals surface area contributed by atoms with Crippen molar-refractivity contribution in [3.8, 4) is 0 Å². The lowest BCUT2D eigenvalue weighted by molar-refractivity contribution is 1.02. The predicted octanol–water partition coefficient (Wildman–Crippen LogP) is 2.28. The smallest absolute Gasteiger partial charge is 0.176 e. The molecule has 0 fully saturated rings. The Labute approximate surface area is 103 Å². The molecule has 0 spiro atoms. The maximum absolute atomic E-state index is 4.17. The maximum Gasteiger partial charge on any atom is 0.176 e. The Morgan fingerprint density at radius 1 is 1.33 bits per heavy atom. The number of hydrogen-bond acceptors (Lipinski definition) is 7. The molecular formula is C7H6BrN5S2. The van der Waals surface area contributed by atoms with Crippen LogP contribution in [0.25, 0.3) is 0 Å². The molecule has 0 aliphatic heterocycles. The van der Waals surface area contributed by atoms with E-state index < -0.39 is 0 Å². The topological polar surface area (TPSA) is 63.6 Å². The SMILES string of the molecule is CNc1ncnc(Sc2ncns2)c1Br. The van der Waals surface area contributed by atoms with Crippen LogP contribution in [0.15, 0.2) is 26.5 Å². The van der Waals surface area contributed by atoms with E-state index in [0.29, 0.717) is 0 Å².